The first-order chi connectivity index (χ1) is 5.77. The van der Waals surface area contributed by atoms with Crippen LogP contribution in [0.3, 0.4) is 0 Å². The molecule has 0 aromatic heterocycles. The number of aliphatic hydroxyl groups excluding tert-OH is 1. The Labute approximate surface area is 72.9 Å². The van der Waals surface area contributed by atoms with E-state index in [2.05, 4.69) is 12.7 Å². The van der Waals surface area contributed by atoms with Crippen LogP contribution in [0.15, 0.2) is 30.4 Å². The van der Waals surface area contributed by atoms with Crippen LogP contribution in [-0.4, -0.2) is 24.4 Å². The van der Waals surface area contributed by atoms with E-state index in [-0.39, 0.29) is 6.10 Å². The van der Waals surface area contributed by atoms with Gasteiger partial charge in [0.2, 0.25) is 0 Å². The van der Waals surface area contributed by atoms with E-state index in [4.69, 9.17) is 4.74 Å². The molecule has 2 nitrogen and oxygen atoms in total. The second-order valence-electron chi connectivity index (χ2n) is 2.67. The first-order valence-corrected chi connectivity index (χ1v) is 3.90. The lowest BCUT2D eigenvalue weighted by atomic mass is 10.0. The molecule has 12 heavy (non-hydrogen) atoms. The summed E-state index contributed by atoms with van der Waals surface area (Å²) in [4.78, 5) is 0. The highest BCUT2D eigenvalue weighted by molar-refractivity contribution is 5.25. The van der Waals surface area contributed by atoms with Crippen LogP contribution in [0.5, 0.6) is 0 Å². The molecular weight excluding hydrogens is 152 g/mol. The summed E-state index contributed by atoms with van der Waals surface area (Å²) in [6.07, 6.45) is 8.28. The Hall–Kier alpha value is -0.860. The maximum Gasteiger partial charge on any atom is 0.112 e. The summed E-state index contributed by atoms with van der Waals surface area (Å²) in [5, 5.41) is 9.34. The average molecular weight is 165 g/mol. The van der Waals surface area contributed by atoms with E-state index in [1.807, 2.05) is 6.08 Å². The number of ether oxygens (including phenoxy) is 1. The molecule has 1 aliphatic carbocycles. The van der Waals surface area contributed by atoms with Gasteiger partial charge in [-0.1, -0.05) is 18.2 Å². The van der Waals surface area contributed by atoms with Gasteiger partial charge >= 0.3 is 0 Å². The van der Waals surface area contributed by atoms with Gasteiger partial charge in [0.25, 0.3) is 0 Å². The molecule has 0 fully saturated rings. The average Bonchev–Trinajstić information content (AvgIpc) is 2.09. The van der Waals surface area contributed by atoms with Gasteiger partial charge < -0.3 is 9.84 Å². The molecule has 0 bridgehead atoms. The first kappa shape index (κ1) is 9.23. The van der Waals surface area contributed by atoms with Crippen molar-refractivity contribution in [2.45, 2.75) is 18.6 Å². The topological polar surface area (TPSA) is 29.5 Å². The molecule has 0 spiro atoms. The van der Waals surface area contributed by atoms with E-state index in [1.54, 1.807) is 19.3 Å². The van der Waals surface area contributed by atoms with Gasteiger partial charge in [0.1, 0.15) is 12.2 Å². The monoisotopic (exact) mass is 165 g/mol. The van der Waals surface area contributed by atoms with Gasteiger partial charge in [-0.25, -0.2) is 0 Å². The number of aliphatic hydroxyl groups is 1. The predicted octanol–water partition coefficient (Wildman–Crippen LogP) is 1.24. The zero-order valence-electron chi connectivity index (χ0n) is 7.16. The normalized spacial score (nSPS) is 28.3. The van der Waals surface area contributed by atoms with Crippen molar-refractivity contribution >= 4 is 0 Å². The van der Waals surface area contributed by atoms with E-state index in [9.17, 15) is 5.11 Å². The zero-order chi connectivity index (χ0) is 8.97. The van der Waals surface area contributed by atoms with Crippen LogP contribution >= 0.6 is 0 Å². The first-order valence-electron chi connectivity index (χ1n) is 3.90. The molecule has 2 unspecified atom stereocenters. The molecule has 0 aromatic rings. The van der Waals surface area contributed by atoms with Gasteiger partial charge in [-0.3, -0.25) is 0 Å². The Balaban J connectivity index is 2.66. The second-order valence-corrected chi connectivity index (χ2v) is 2.67. The van der Waals surface area contributed by atoms with Gasteiger partial charge in [0, 0.05) is 7.11 Å². The maximum absolute atomic E-state index is 9.34. The van der Waals surface area contributed by atoms with Gasteiger partial charge in [-0.05, 0) is 18.1 Å². The standard InChI is InChI=1S/C10H13O2/c1-3-4-8-5-6-9(11)10(7-8)12-2/h3,5-6,9-11H,1,4H2,2H3. The highest BCUT2D eigenvalue weighted by Crippen LogP contribution is 2.15. The molecule has 1 N–H and O–H groups in total. The summed E-state index contributed by atoms with van der Waals surface area (Å²) in [6.45, 7) is 3.63. The van der Waals surface area contributed by atoms with E-state index < -0.39 is 6.10 Å². The Morgan fingerprint density at radius 1 is 1.83 bits per heavy atom. The predicted molar refractivity (Wildman–Crippen MR) is 47.5 cm³/mol. The number of hydrogen-bond donors (Lipinski definition) is 1. The zero-order valence-corrected chi connectivity index (χ0v) is 7.16. The third kappa shape index (κ3) is 2.06. The van der Waals surface area contributed by atoms with Gasteiger partial charge in [0.15, 0.2) is 0 Å². The molecule has 1 aliphatic rings. The molecule has 0 amide bonds. The molecule has 0 heterocycles. The van der Waals surface area contributed by atoms with Crippen molar-refractivity contribution in [3.63, 3.8) is 0 Å². The molecule has 2 heteroatoms. The van der Waals surface area contributed by atoms with Crippen molar-refractivity contribution in [1.29, 1.82) is 0 Å². The van der Waals surface area contributed by atoms with E-state index >= 15 is 0 Å². The fourth-order valence-corrected chi connectivity index (χ4v) is 1.11. The summed E-state index contributed by atoms with van der Waals surface area (Å²) in [7, 11) is 1.56. The summed E-state index contributed by atoms with van der Waals surface area (Å²) in [5.74, 6) is 0. The molecule has 0 aromatic carbocycles. The number of rotatable bonds is 3. The Bertz CT molecular complexity index is 216. The third-order valence-corrected chi connectivity index (χ3v) is 1.75. The maximum atomic E-state index is 9.34. The van der Waals surface area contributed by atoms with Crippen LogP contribution in [0, 0.1) is 6.08 Å². The smallest absolute Gasteiger partial charge is 0.112 e. The van der Waals surface area contributed by atoms with Crippen LogP contribution in [0.2, 0.25) is 0 Å². The molecule has 0 saturated heterocycles. The lowest BCUT2D eigenvalue weighted by Crippen LogP contribution is -2.26. The summed E-state index contributed by atoms with van der Waals surface area (Å²) in [5.41, 5.74) is 1.02. The van der Waals surface area contributed by atoms with Crippen molar-refractivity contribution in [2.75, 3.05) is 7.11 Å². The van der Waals surface area contributed by atoms with Gasteiger partial charge in [-0.2, -0.15) is 0 Å². The van der Waals surface area contributed by atoms with E-state index in [0.29, 0.717) is 0 Å². The van der Waals surface area contributed by atoms with Crippen LogP contribution in [0.4, 0.5) is 0 Å². The van der Waals surface area contributed by atoms with Gasteiger partial charge in [-0.15, -0.1) is 6.58 Å². The number of hydrogen-bond acceptors (Lipinski definition) is 2. The molecule has 65 valence electrons. The minimum absolute atomic E-state index is 0.329. The van der Waals surface area contributed by atoms with Crippen LogP contribution < -0.4 is 0 Å². The quantitative estimate of drug-likeness (QED) is 0.637. The number of methoxy groups -OCH3 is 1. The molecule has 1 radical (unpaired) electrons. The Morgan fingerprint density at radius 3 is 3.17 bits per heavy atom. The second kappa shape index (κ2) is 4.24. The summed E-state index contributed by atoms with van der Waals surface area (Å²) in [6, 6.07) is 0. The largest absolute Gasteiger partial charge is 0.386 e. The lowest BCUT2D eigenvalue weighted by Gasteiger charge is -2.19. The molecule has 1 rings (SSSR count). The number of allylic oxidation sites excluding steroid dienone is 3. The minimum Gasteiger partial charge on any atom is -0.386 e. The fourth-order valence-electron chi connectivity index (χ4n) is 1.11. The fraction of sp³-hybridized carbons (Fsp3) is 0.400. The van der Waals surface area contributed by atoms with Crippen molar-refractivity contribution in [1.82, 2.24) is 0 Å². The molecule has 0 aliphatic heterocycles. The molecule has 2 atom stereocenters. The van der Waals surface area contributed by atoms with Crippen LogP contribution in [-0.2, 0) is 4.74 Å². The van der Waals surface area contributed by atoms with Crippen molar-refractivity contribution < 1.29 is 9.84 Å². The van der Waals surface area contributed by atoms with Crippen LogP contribution in [0.25, 0.3) is 0 Å². The van der Waals surface area contributed by atoms with Crippen molar-refractivity contribution in [2.24, 2.45) is 0 Å². The highest BCUT2D eigenvalue weighted by Gasteiger charge is 2.17. The van der Waals surface area contributed by atoms with E-state index in [0.717, 1.165) is 12.0 Å². The third-order valence-electron chi connectivity index (χ3n) is 1.75. The van der Waals surface area contributed by atoms with E-state index in [1.165, 1.54) is 0 Å². The Kier molecular flexibility index (Phi) is 3.26. The van der Waals surface area contributed by atoms with Gasteiger partial charge in [0.05, 0.1) is 0 Å². The lowest BCUT2D eigenvalue weighted by molar-refractivity contribution is 0.0361. The van der Waals surface area contributed by atoms with Crippen LogP contribution in [0.1, 0.15) is 6.42 Å². The summed E-state index contributed by atoms with van der Waals surface area (Å²) < 4.78 is 5.01. The molecule has 0 saturated carbocycles. The van der Waals surface area contributed by atoms with Crippen molar-refractivity contribution in [3.8, 4) is 0 Å². The Morgan fingerprint density at radius 2 is 2.58 bits per heavy atom. The minimum atomic E-state index is -0.566. The highest BCUT2D eigenvalue weighted by atomic mass is 16.5. The van der Waals surface area contributed by atoms with Crippen molar-refractivity contribution in [3.05, 3.63) is 36.5 Å². The molecular formula is C10H13O2. The summed E-state index contributed by atoms with van der Waals surface area (Å²) >= 11 is 0. The SMILES string of the molecule is C=CCC1=[C]C(OC)C(O)C=C1.